The highest BCUT2D eigenvalue weighted by Gasteiger charge is 2.36. The van der Waals surface area contributed by atoms with Crippen LogP contribution in [0.5, 0.6) is 0 Å². The number of rotatable bonds is 2. The van der Waals surface area contributed by atoms with Crippen molar-refractivity contribution in [3.63, 3.8) is 0 Å². The van der Waals surface area contributed by atoms with E-state index in [1.165, 1.54) is 51.4 Å². The zero-order chi connectivity index (χ0) is 16.0. The smallest absolute Gasteiger partial charge is 0.241 e. The number of carbonyl (C=O) groups excluding carboxylic acids is 1. The first kappa shape index (κ1) is 17.1. The van der Waals surface area contributed by atoms with Crippen LogP contribution < -0.4 is 5.32 Å². The lowest BCUT2D eigenvalue weighted by Gasteiger charge is -2.44. The van der Waals surface area contributed by atoms with E-state index in [0.29, 0.717) is 12.0 Å². The van der Waals surface area contributed by atoms with Crippen LogP contribution in [0.15, 0.2) is 4.99 Å². The Kier molecular flexibility index (Phi) is 6.09. The summed E-state index contributed by atoms with van der Waals surface area (Å²) in [7, 11) is 5.39. The van der Waals surface area contributed by atoms with Gasteiger partial charge in [-0.15, -0.1) is 0 Å². The Morgan fingerprint density at radius 3 is 2.36 bits per heavy atom. The van der Waals surface area contributed by atoms with E-state index in [1.54, 1.807) is 19.0 Å². The summed E-state index contributed by atoms with van der Waals surface area (Å²) in [5.74, 6) is 0.973. The van der Waals surface area contributed by atoms with Crippen LogP contribution in [0, 0.1) is 5.41 Å². The van der Waals surface area contributed by atoms with Crippen LogP contribution in [-0.4, -0.2) is 62.4 Å². The lowest BCUT2D eigenvalue weighted by Crippen LogP contribution is -2.52. The summed E-state index contributed by atoms with van der Waals surface area (Å²) in [4.78, 5) is 20.2. The number of nitrogens with zero attached hydrogens (tertiary/aromatic N) is 3. The average Bonchev–Trinajstić information content (AvgIpc) is 2.73. The van der Waals surface area contributed by atoms with Gasteiger partial charge in [-0.2, -0.15) is 0 Å². The summed E-state index contributed by atoms with van der Waals surface area (Å²) in [6, 6.07) is 0. The van der Waals surface area contributed by atoms with Gasteiger partial charge < -0.3 is 15.1 Å². The van der Waals surface area contributed by atoms with Crippen molar-refractivity contribution in [2.24, 2.45) is 10.4 Å². The number of aliphatic imine (C=N–C) groups is 1. The largest absolute Gasteiger partial charge is 0.347 e. The Morgan fingerprint density at radius 1 is 1.14 bits per heavy atom. The maximum absolute atomic E-state index is 11.8. The van der Waals surface area contributed by atoms with E-state index in [9.17, 15) is 4.79 Å². The molecule has 2 rings (SSSR count). The lowest BCUT2D eigenvalue weighted by molar-refractivity contribution is -0.127. The highest BCUT2D eigenvalue weighted by molar-refractivity contribution is 5.86. The number of nitrogens with one attached hydrogen (secondary N) is 1. The van der Waals surface area contributed by atoms with E-state index in [-0.39, 0.29) is 5.91 Å². The third-order valence-corrected chi connectivity index (χ3v) is 5.23. The van der Waals surface area contributed by atoms with Crippen LogP contribution in [0.1, 0.15) is 51.4 Å². The fourth-order valence-electron chi connectivity index (χ4n) is 3.92. The number of amides is 1. The van der Waals surface area contributed by atoms with Gasteiger partial charge in [0.05, 0.1) is 6.54 Å². The van der Waals surface area contributed by atoms with Gasteiger partial charge in [0.1, 0.15) is 0 Å². The monoisotopic (exact) mass is 308 g/mol. The van der Waals surface area contributed by atoms with Crippen molar-refractivity contribution < 1.29 is 4.79 Å². The molecule has 0 radical (unpaired) electrons. The number of likely N-dealkylation sites (N-methyl/N-ethyl adjacent to an activating group) is 1. The number of carbonyl (C=O) groups is 1. The minimum absolute atomic E-state index is 0.0855. The van der Waals surface area contributed by atoms with Gasteiger partial charge in [0.15, 0.2) is 5.96 Å². The second-order valence-electron chi connectivity index (χ2n) is 7.13. The molecule has 0 bridgehead atoms. The summed E-state index contributed by atoms with van der Waals surface area (Å²) in [5.41, 5.74) is 0.484. The van der Waals surface area contributed by atoms with Crippen LogP contribution in [0.2, 0.25) is 0 Å². The SMILES string of the molecule is CN=C(NCC(=O)N(C)C)N1CCCC2(CCCCCC2)C1. The molecule has 1 spiro atoms. The topological polar surface area (TPSA) is 47.9 Å². The van der Waals surface area contributed by atoms with Crippen LogP contribution >= 0.6 is 0 Å². The minimum atomic E-state index is 0.0855. The van der Waals surface area contributed by atoms with E-state index in [2.05, 4.69) is 15.2 Å². The summed E-state index contributed by atoms with van der Waals surface area (Å²) >= 11 is 0. The van der Waals surface area contributed by atoms with Crippen LogP contribution in [-0.2, 0) is 4.79 Å². The third-order valence-electron chi connectivity index (χ3n) is 5.23. The molecule has 5 nitrogen and oxygen atoms in total. The van der Waals surface area contributed by atoms with Gasteiger partial charge in [0.2, 0.25) is 5.91 Å². The molecule has 0 atom stereocenters. The van der Waals surface area contributed by atoms with Crippen LogP contribution in [0.25, 0.3) is 0 Å². The highest BCUT2D eigenvalue weighted by Crippen LogP contribution is 2.42. The Bertz CT molecular complexity index is 397. The van der Waals surface area contributed by atoms with E-state index >= 15 is 0 Å². The number of hydrogen-bond donors (Lipinski definition) is 1. The maximum atomic E-state index is 11.8. The van der Waals surface area contributed by atoms with Gasteiger partial charge in [-0.3, -0.25) is 9.79 Å². The van der Waals surface area contributed by atoms with Crippen molar-refractivity contribution in [1.82, 2.24) is 15.1 Å². The molecule has 22 heavy (non-hydrogen) atoms. The molecule has 2 fully saturated rings. The van der Waals surface area contributed by atoms with Crippen molar-refractivity contribution in [2.75, 3.05) is 40.8 Å². The van der Waals surface area contributed by atoms with E-state index in [4.69, 9.17) is 0 Å². The second-order valence-corrected chi connectivity index (χ2v) is 7.13. The highest BCUT2D eigenvalue weighted by atomic mass is 16.2. The molecule has 0 unspecified atom stereocenters. The van der Waals surface area contributed by atoms with Crippen molar-refractivity contribution >= 4 is 11.9 Å². The van der Waals surface area contributed by atoms with Crippen molar-refractivity contribution in [3.05, 3.63) is 0 Å². The summed E-state index contributed by atoms with van der Waals surface area (Å²) in [6.07, 6.45) is 10.9. The minimum Gasteiger partial charge on any atom is -0.347 e. The van der Waals surface area contributed by atoms with Crippen molar-refractivity contribution in [2.45, 2.75) is 51.4 Å². The summed E-state index contributed by atoms with van der Waals surface area (Å²) < 4.78 is 0. The Morgan fingerprint density at radius 2 is 1.77 bits per heavy atom. The Labute approximate surface area is 135 Å². The predicted octanol–water partition coefficient (Wildman–Crippen LogP) is 2.09. The fraction of sp³-hybridized carbons (Fsp3) is 0.882. The Balaban J connectivity index is 1.95. The van der Waals surface area contributed by atoms with Crippen molar-refractivity contribution in [1.29, 1.82) is 0 Å². The molecule has 1 amide bonds. The lowest BCUT2D eigenvalue weighted by atomic mass is 9.74. The van der Waals surface area contributed by atoms with Crippen molar-refractivity contribution in [3.8, 4) is 0 Å². The zero-order valence-electron chi connectivity index (χ0n) is 14.5. The summed E-state index contributed by atoms with van der Waals surface area (Å²) in [6.45, 7) is 2.48. The number of piperidine rings is 1. The van der Waals surface area contributed by atoms with Gasteiger partial charge in [-0.1, -0.05) is 25.7 Å². The molecular formula is C17H32N4O. The molecule has 1 aliphatic carbocycles. The fourth-order valence-corrected chi connectivity index (χ4v) is 3.92. The molecule has 1 saturated heterocycles. The first-order valence-corrected chi connectivity index (χ1v) is 8.72. The molecule has 2 aliphatic rings. The molecule has 0 aromatic carbocycles. The van der Waals surface area contributed by atoms with E-state index < -0.39 is 0 Å². The normalized spacial score (nSPS) is 22.3. The molecule has 0 aromatic rings. The van der Waals surface area contributed by atoms with Gasteiger partial charge in [-0.05, 0) is 31.1 Å². The summed E-state index contributed by atoms with van der Waals surface area (Å²) in [5, 5.41) is 3.24. The Hall–Kier alpha value is -1.26. The van der Waals surface area contributed by atoms with Gasteiger partial charge >= 0.3 is 0 Å². The maximum Gasteiger partial charge on any atom is 0.241 e. The number of likely N-dealkylation sites (tertiary alicyclic amines) is 1. The number of guanidine groups is 1. The van der Waals surface area contributed by atoms with E-state index in [1.807, 2.05) is 7.05 Å². The molecule has 126 valence electrons. The van der Waals surface area contributed by atoms with Gasteiger partial charge in [0.25, 0.3) is 0 Å². The second kappa shape index (κ2) is 7.84. The van der Waals surface area contributed by atoms with Crippen LogP contribution in [0.3, 0.4) is 0 Å². The standard InChI is InChI=1S/C17H32N4O/c1-18-16(19-13-15(22)20(2)3)21-12-8-11-17(14-21)9-6-4-5-7-10-17/h4-14H2,1-3H3,(H,18,19). The van der Waals surface area contributed by atoms with Gasteiger partial charge in [-0.25, -0.2) is 0 Å². The predicted molar refractivity (Wildman–Crippen MR) is 91.0 cm³/mol. The first-order chi connectivity index (χ1) is 10.6. The first-order valence-electron chi connectivity index (χ1n) is 8.72. The average molecular weight is 308 g/mol. The molecule has 1 N–H and O–H groups in total. The molecular weight excluding hydrogens is 276 g/mol. The molecule has 1 heterocycles. The molecule has 5 heteroatoms. The number of hydrogen-bond acceptors (Lipinski definition) is 2. The van der Waals surface area contributed by atoms with E-state index in [0.717, 1.165) is 19.0 Å². The quantitative estimate of drug-likeness (QED) is 0.628. The van der Waals surface area contributed by atoms with Gasteiger partial charge in [0, 0.05) is 34.2 Å². The molecule has 1 saturated carbocycles. The zero-order valence-corrected chi connectivity index (χ0v) is 14.5. The third kappa shape index (κ3) is 4.37. The van der Waals surface area contributed by atoms with Crippen LogP contribution in [0.4, 0.5) is 0 Å². The molecule has 1 aliphatic heterocycles. The molecule has 0 aromatic heterocycles.